The van der Waals surface area contributed by atoms with Gasteiger partial charge in [-0.1, -0.05) is 48.0 Å². The average Bonchev–Trinajstić information content (AvgIpc) is 2.25. The predicted octanol–water partition coefficient (Wildman–Crippen LogP) is 5.10. The molecule has 1 nitrogen and oxygen atoms in total. The number of halogens is 1. The lowest BCUT2D eigenvalue weighted by molar-refractivity contribution is 0.578. The SMILES string of the molecule is CC.CCC.Cc1cnc(F)cc1C(C)C. The minimum atomic E-state index is -0.390. The molecule has 0 bridgehead atoms. The van der Waals surface area contributed by atoms with Crippen molar-refractivity contribution in [3.05, 3.63) is 29.3 Å². The fraction of sp³-hybridized carbons (Fsp3) is 0.643. The van der Waals surface area contributed by atoms with Gasteiger partial charge in [-0.05, 0) is 30.0 Å². The Bertz CT molecular complexity index is 269. The fourth-order valence-corrected chi connectivity index (χ4v) is 1.13. The molecule has 94 valence electrons. The van der Waals surface area contributed by atoms with Crippen molar-refractivity contribution in [3.8, 4) is 0 Å². The Kier molecular flexibility index (Phi) is 11.6. The maximum atomic E-state index is 12.6. The standard InChI is InChI=1S/C9H12FN.C3H8.C2H6/c1-6(2)8-4-9(10)11-5-7(8)3;1-3-2;1-2/h4-6H,1-3H3;3H2,1-2H3;1-2H3. The molecular formula is C14H26FN. The Labute approximate surface area is 100 Å². The Morgan fingerprint density at radius 3 is 2.00 bits per heavy atom. The van der Waals surface area contributed by atoms with Crippen LogP contribution >= 0.6 is 0 Å². The molecule has 0 fully saturated rings. The summed E-state index contributed by atoms with van der Waals surface area (Å²) in [6, 6.07) is 1.50. The molecule has 0 atom stereocenters. The van der Waals surface area contributed by atoms with Gasteiger partial charge in [-0.25, -0.2) is 4.98 Å². The Morgan fingerprint density at radius 1 is 1.25 bits per heavy atom. The molecule has 1 rings (SSSR count). The lowest BCUT2D eigenvalue weighted by atomic mass is 10.0. The van der Waals surface area contributed by atoms with E-state index in [9.17, 15) is 4.39 Å². The van der Waals surface area contributed by atoms with Gasteiger partial charge < -0.3 is 0 Å². The molecule has 2 heteroatoms. The first-order chi connectivity index (χ1) is 7.52. The summed E-state index contributed by atoms with van der Waals surface area (Å²) in [5.74, 6) is -0.0215. The predicted molar refractivity (Wildman–Crippen MR) is 70.3 cm³/mol. The smallest absolute Gasteiger partial charge is 0.213 e. The van der Waals surface area contributed by atoms with E-state index in [1.807, 2.05) is 34.6 Å². The number of pyridine rings is 1. The maximum Gasteiger partial charge on any atom is 0.213 e. The second-order valence-corrected chi connectivity index (χ2v) is 3.73. The van der Waals surface area contributed by atoms with Gasteiger partial charge in [0.15, 0.2) is 0 Å². The molecule has 1 heterocycles. The molecule has 0 saturated carbocycles. The van der Waals surface area contributed by atoms with E-state index >= 15 is 0 Å². The summed E-state index contributed by atoms with van der Waals surface area (Å²) >= 11 is 0. The van der Waals surface area contributed by atoms with Crippen LogP contribution in [0.1, 0.15) is 65.0 Å². The van der Waals surface area contributed by atoms with Crippen LogP contribution in [0.5, 0.6) is 0 Å². The summed E-state index contributed by atoms with van der Waals surface area (Å²) in [5, 5.41) is 0. The van der Waals surface area contributed by atoms with E-state index in [0.717, 1.165) is 11.1 Å². The number of rotatable bonds is 1. The van der Waals surface area contributed by atoms with Crippen molar-refractivity contribution >= 4 is 0 Å². The van der Waals surface area contributed by atoms with Crippen LogP contribution in [0.4, 0.5) is 4.39 Å². The molecule has 1 aromatic rings. The molecular weight excluding hydrogens is 201 g/mol. The molecule has 0 unspecified atom stereocenters. The van der Waals surface area contributed by atoms with Gasteiger partial charge in [-0.3, -0.25) is 0 Å². The monoisotopic (exact) mass is 227 g/mol. The van der Waals surface area contributed by atoms with Gasteiger partial charge in [0.05, 0.1) is 0 Å². The lowest BCUT2D eigenvalue weighted by Crippen LogP contribution is -1.95. The molecule has 0 N–H and O–H groups in total. The van der Waals surface area contributed by atoms with Gasteiger partial charge in [0, 0.05) is 6.20 Å². The van der Waals surface area contributed by atoms with Gasteiger partial charge in [-0.15, -0.1) is 0 Å². The van der Waals surface area contributed by atoms with Gasteiger partial charge in [0.2, 0.25) is 5.95 Å². The summed E-state index contributed by atoms with van der Waals surface area (Å²) in [4.78, 5) is 3.56. The second-order valence-electron chi connectivity index (χ2n) is 3.73. The number of aryl methyl sites for hydroxylation is 1. The number of hydrogen-bond donors (Lipinski definition) is 0. The summed E-state index contributed by atoms with van der Waals surface area (Å²) in [6.45, 7) is 14.3. The highest BCUT2D eigenvalue weighted by Gasteiger charge is 2.04. The van der Waals surface area contributed by atoms with Crippen LogP contribution in [0.25, 0.3) is 0 Å². The van der Waals surface area contributed by atoms with Crippen LogP contribution in [0, 0.1) is 12.9 Å². The number of hydrogen-bond acceptors (Lipinski definition) is 1. The van der Waals surface area contributed by atoms with E-state index in [1.165, 1.54) is 12.5 Å². The molecule has 0 aliphatic heterocycles. The summed E-state index contributed by atoms with van der Waals surface area (Å²) in [6.07, 6.45) is 2.82. The molecule has 0 aromatic carbocycles. The van der Waals surface area contributed by atoms with Crippen LogP contribution in [0.15, 0.2) is 12.3 Å². The van der Waals surface area contributed by atoms with Gasteiger partial charge in [0.25, 0.3) is 0 Å². The molecule has 16 heavy (non-hydrogen) atoms. The number of aromatic nitrogens is 1. The first kappa shape index (κ1) is 17.5. The van der Waals surface area contributed by atoms with Crippen LogP contribution in [0.3, 0.4) is 0 Å². The van der Waals surface area contributed by atoms with Gasteiger partial charge >= 0.3 is 0 Å². The summed E-state index contributed by atoms with van der Waals surface area (Å²) < 4.78 is 12.6. The van der Waals surface area contributed by atoms with Crippen molar-refractivity contribution in [2.45, 2.75) is 60.8 Å². The van der Waals surface area contributed by atoms with E-state index in [1.54, 1.807) is 6.20 Å². The third-order valence-corrected chi connectivity index (χ3v) is 1.73. The fourth-order valence-electron chi connectivity index (χ4n) is 1.13. The quantitative estimate of drug-likeness (QED) is 0.609. The van der Waals surface area contributed by atoms with Crippen molar-refractivity contribution in [2.24, 2.45) is 0 Å². The van der Waals surface area contributed by atoms with Crippen molar-refractivity contribution in [2.75, 3.05) is 0 Å². The maximum absolute atomic E-state index is 12.6. The van der Waals surface area contributed by atoms with E-state index in [-0.39, 0.29) is 5.95 Å². The molecule has 0 saturated heterocycles. The first-order valence-electron chi connectivity index (χ1n) is 6.14. The highest BCUT2D eigenvalue weighted by atomic mass is 19.1. The molecule has 0 radical (unpaired) electrons. The molecule has 0 aliphatic carbocycles. The van der Waals surface area contributed by atoms with Crippen molar-refractivity contribution < 1.29 is 4.39 Å². The van der Waals surface area contributed by atoms with Crippen LogP contribution in [-0.2, 0) is 0 Å². The lowest BCUT2D eigenvalue weighted by Gasteiger charge is -2.07. The van der Waals surface area contributed by atoms with Crippen molar-refractivity contribution in [1.29, 1.82) is 0 Å². The molecule has 0 spiro atoms. The summed E-state index contributed by atoms with van der Waals surface area (Å²) in [7, 11) is 0. The Hall–Kier alpha value is -0.920. The average molecular weight is 227 g/mol. The highest BCUT2D eigenvalue weighted by molar-refractivity contribution is 5.24. The van der Waals surface area contributed by atoms with E-state index in [0.29, 0.717) is 5.92 Å². The largest absolute Gasteiger partial charge is 0.228 e. The van der Waals surface area contributed by atoms with Gasteiger partial charge in [-0.2, -0.15) is 4.39 Å². The normalized spacial score (nSPS) is 8.81. The topological polar surface area (TPSA) is 12.9 Å². The zero-order valence-electron chi connectivity index (χ0n) is 11.8. The minimum absolute atomic E-state index is 0.368. The first-order valence-corrected chi connectivity index (χ1v) is 6.14. The van der Waals surface area contributed by atoms with E-state index < -0.39 is 0 Å². The molecule has 1 aromatic heterocycles. The third-order valence-electron chi connectivity index (χ3n) is 1.73. The van der Waals surface area contributed by atoms with Crippen LogP contribution < -0.4 is 0 Å². The second kappa shape index (κ2) is 10.6. The highest BCUT2D eigenvalue weighted by Crippen LogP contribution is 2.17. The number of nitrogens with zero attached hydrogens (tertiary/aromatic N) is 1. The van der Waals surface area contributed by atoms with Gasteiger partial charge in [0.1, 0.15) is 0 Å². The Balaban J connectivity index is 0. The minimum Gasteiger partial charge on any atom is -0.228 e. The third kappa shape index (κ3) is 7.38. The molecule has 0 amide bonds. The zero-order valence-corrected chi connectivity index (χ0v) is 11.8. The van der Waals surface area contributed by atoms with E-state index in [2.05, 4.69) is 18.8 Å². The molecule has 0 aliphatic rings. The summed E-state index contributed by atoms with van der Waals surface area (Å²) in [5.41, 5.74) is 2.10. The zero-order chi connectivity index (χ0) is 13.1. The van der Waals surface area contributed by atoms with Crippen LogP contribution in [-0.4, -0.2) is 4.98 Å². The van der Waals surface area contributed by atoms with Crippen molar-refractivity contribution in [1.82, 2.24) is 4.98 Å². The van der Waals surface area contributed by atoms with Crippen LogP contribution in [0.2, 0.25) is 0 Å². The van der Waals surface area contributed by atoms with Crippen molar-refractivity contribution in [3.63, 3.8) is 0 Å². The van der Waals surface area contributed by atoms with E-state index in [4.69, 9.17) is 0 Å². The Morgan fingerprint density at radius 2 is 1.69 bits per heavy atom.